The molecule has 0 heterocycles. The van der Waals surface area contributed by atoms with E-state index >= 15 is 0 Å². The SMILES string of the molecule is COc1cc(/C=C(\C#N)C(=O)NCCc2ccccc2)ccc1OCc1ccc(Cl)cc1. The number of hydrogen-bond acceptors (Lipinski definition) is 4. The summed E-state index contributed by atoms with van der Waals surface area (Å²) in [5.41, 5.74) is 2.78. The van der Waals surface area contributed by atoms with Crippen LogP contribution in [0.1, 0.15) is 16.7 Å². The molecule has 0 bridgehead atoms. The molecule has 0 aromatic heterocycles. The number of amides is 1. The molecule has 6 heteroatoms. The van der Waals surface area contributed by atoms with Crippen molar-refractivity contribution in [3.63, 3.8) is 0 Å². The number of benzene rings is 3. The van der Waals surface area contributed by atoms with Gasteiger partial charge in [0.25, 0.3) is 5.91 Å². The maximum absolute atomic E-state index is 12.4. The Hall–Kier alpha value is -3.75. The molecule has 0 atom stereocenters. The fraction of sp³-hybridized carbons (Fsp3) is 0.154. The average molecular weight is 447 g/mol. The first-order valence-electron chi connectivity index (χ1n) is 10.1. The van der Waals surface area contributed by atoms with E-state index in [2.05, 4.69) is 5.32 Å². The lowest BCUT2D eigenvalue weighted by atomic mass is 10.1. The van der Waals surface area contributed by atoms with Crippen molar-refractivity contribution in [1.82, 2.24) is 5.32 Å². The molecule has 1 amide bonds. The molecule has 162 valence electrons. The van der Waals surface area contributed by atoms with Crippen molar-refractivity contribution < 1.29 is 14.3 Å². The second-order valence-corrected chi connectivity index (χ2v) is 7.42. The predicted molar refractivity (Wildman–Crippen MR) is 126 cm³/mol. The van der Waals surface area contributed by atoms with Crippen molar-refractivity contribution in [2.45, 2.75) is 13.0 Å². The third-order valence-corrected chi connectivity index (χ3v) is 4.97. The van der Waals surface area contributed by atoms with Crippen molar-refractivity contribution in [2.75, 3.05) is 13.7 Å². The van der Waals surface area contributed by atoms with Gasteiger partial charge in [-0.3, -0.25) is 4.79 Å². The van der Waals surface area contributed by atoms with Crippen LogP contribution < -0.4 is 14.8 Å². The number of halogens is 1. The molecule has 0 aliphatic heterocycles. The molecular weight excluding hydrogens is 424 g/mol. The van der Waals surface area contributed by atoms with Crippen LogP contribution in [0, 0.1) is 11.3 Å². The number of methoxy groups -OCH3 is 1. The van der Waals surface area contributed by atoms with E-state index in [4.69, 9.17) is 21.1 Å². The molecule has 0 spiro atoms. The quantitative estimate of drug-likeness (QED) is 0.362. The minimum atomic E-state index is -0.412. The van der Waals surface area contributed by atoms with Gasteiger partial charge in [-0.1, -0.05) is 60.1 Å². The van der Waals surface area contributed by atoms with E-state index in [0.717, 1.165) is 11.1 Å². The second kappa shape index (κ2) is 11.6. The van der Waals surface area contributed by atoms with E-state index in [1.165, 1.54) is 6.08 Å². The number of nitriles is 1. The molecule has 0 fully saturated rings. The van der Waals surface area contributed by atoms with Gasteiger partial charge in [-0.05, 0) is 53.5 Å². The largest absolute Gasteiger partial charge is 0.493 e. The molecule has 0 aliphatic carbocycles. The maximum atomic E-state index is 12.4. The van der Waals surface area contributed by atoms with E-state index in [0.29, 0.717) is 41.7 Å². The number of nitrogens with one attached hydrogen (secondary N) is 1. The highest BCUT2D eigenvalue weighted by molar-refractivity contribution is 6.30. The Morgan fingerprint density at radius 1 is 1.03 bits per heavy atom. The van der Waals surface area contributed by atoms with Gasteiger partial charge in [-0.25, -0.2) is 0 Å². The van der Waals surface area contributed by atoms with Gasteiger partial charge in [-0.15, -0.1) is 0 Å². The van der Waals surface area contributed by atoms with Crippen LogP contribution in [0.3, 0.4) is 0 Å². The lowest BCUT2D eigenvalue weighted by Gasteiger charge is -2.12. The van der Waals surface area contributed by atoms with Gasteiger partial charge in [0, 0.05) is 11.6 Å². The van der Waals surface area contributed by atoms with Crippen LogP contribution in [0.25, 0.3) is 6.08 Å². The van der Waals surface area contributed by atoms with Gasteiger partial charge in [0.2, 0.25) is 0 Å². The van der Waals surface area contributed by atoms with Gasteiger partial charge in [0.05, 0.1) is 7.11 Å². The molecule has 0 saturated carbocycles. The van der Waals surface area contributed by atoms with Crippen LogP contribution in [-0.2, 0) is 17.8 Å². The van der Waals surface area contributed by atoms with Crippen LogP contribution in [0.2, 0.25) is 5.02 Å². The summed E-state index contributed by atoms with van der Waals surface area (Å²) in [6.45, 7) is 0.804. The van der Waals surface area contributed by atoms with E-state index in [-0.39, 0.29) is 5.57 Å². The molecule has 32 heavy (non-hydrogen) atoms. The molecule has 0 saturated heterocycles. The fourth-order valence-electron chi connectivity index (χ4n) is 3.01. The number of carbonyl (C=O) groups is 1. The first-order valence-corrected chi connectivity index (χ1v) is 10.5. The molecule has 3 aromatic carbocycles. The third kappa shape index (κ3) is 6.63. The molecule has 0 unspecified atom stereocenters. The first kappa shape index (κ1) is 22.9. The van der Waals surface area contributed by atoms with Crippen LogP contribution in [0.4, 0.5) is 0 Å². The highest BCUT2D eigenvalue weighted by Crippen LogP contribution is 2.29. The Balaban J connectivity index is 1.64. The Morgan fingerprint density at radius 2 is 1.78 bits per heavy atom. The summed E-state index contributed by atoms with van der Waals surface area (Å²) in [4.78, 5) is 12.4. The van der Waals surface area contributed by atoms with Crippen molar-refractivity contribution in [3.8, 4) is 17.6 Å². The van der Waals surface area contributed by atoms with Gasteiger partial charge >= 0.3 is 0 Å². The Kier molecular flexibility index (Phi) is 8.30. The number of ether oxygens (including phenoxy) is 2. The number of hydrogen-bond donors (Lipinski definition) is 1. The monoisotopic (exact) mass is 446 g/mol. The lowest BCUT2D eigenvalue weighted by Crippen LogP contribution is -2.26. The topological polar surface area (TPSA) is 71.3 Å². The Morgan fingerprint density at radius 3 is 2.47 bits per heavy atom. The molecular formula is C26H23ClN2O3. The Labute approximate surface area is 192 Å². The highest BCUT2D eigenvalue weighted by Gasteiger charge is 2.11. The standard InChI is InChI=1S/C26H23ClN2O3/c1-31-25-16-21(9-12-24(25)32-18-20-7-10-23(27)11-8-20)15-22(17-28)26(30)29-14-13-19-5-3-2-4-6-19/h2-12,15-16H,13-14,18H2,1H3,(H,29,30)/b22-15+. The van der Waals surface area contributed by atoms with E-state index < -0.39 is 5.91 Å². The van der Waals surface area contributed by atoms with Gasteiger partial charge in [-0.2, -0.15) is 5.26 Å². The third-order valence-electron chi connectivity index (χ3n) is 4.71. The van der Waals surface area contributed by atoms with Crippen LogP contribution >= 0.6 is 11.6 Å². The van der Waals surface area contributed by atoms with Crippen molar-refractivity contribution >= 4 is 23.6 Å². The van der Waals surface area contributed by atoms with Crippen molar-refractivity contribution in [2.24, 2.45) is 0 Å². The molecule has 5 nitrogen and oxygen atoms in total. The van der Waals surface area contributed by atoms with Crippen LogP contribution in [0.15, 0.2) is 78.4 Å². The summed E-state index contributed by atoms with van der Waals surface area (Å²) in [6.07, 6.45) is 2.22. The van der Waals surface area contributed by atoms with Crippen LogP contribution in [0.5, 0.6) is 11.5 Å². The second-order valence-electron chi connectivity index (χ2n) is 6.99. The summed E-state index contributed by atoms with van der Waals surface area (Å²) in [7, 11) is 1.54. The van der Waals surface area contributed by atoms with Crippen molar-refractivity contribution in [1.29, 1.82) is 5.26 Å². The van der Waals surface area contributed by atoms with Gasteiger partial charge in [0.1, 0.15) is 18.2 Å². The summed E-state index contributed by atoms with van der Waals surface area (Å²) >= 11 is 5.91. The normalized spacial score (nSPS) is 10.8. The zero-order valence-corrected chi connectivity index (χ0v) is 18.4. The molecule has 3 aromatic rings. The average Bonchev–Trinajstić information content (AvgIpc) is 2.83. The minimum Gasteiger partial charge on any atom is -0.493 e. The molecule has 1 N–H and O–H groups in total. The lowest BCUT2D eigenvalue weighted by molar-refractivity contribution is -0.117. The molecule has 0 radical (unpaired) electrons. The zero-order valence-electron chi connectivity index (χ0n) is 17.7. The van der Waals surface area contributed by atoms with Gasteiger partial charge in [0.15, 0.2) is 11.5 Å². The molecule has 0 aliphatic rings. The summed E-state index contributed by atoms with van der Waals surface area (Å²) in [5.74, 6) is 0.658. The van der Waals surface area contributed by atoms with Crippen LogP contribution in [-0.4, -0.2) is 19.6 Å². The summed E-state index contributed by atoms with van der Waals surface area (Å²) in [6, 6.07) is 24.5. The highest BCUT2D eigenvalue weighted by atomic mass is 35.5. The number of rotatable bonds is 9. The van der Waals surface area contributed by atoms with E-state index in [1.807, 2.05) is 48.5 Å². The van der Waals surface area contributed by atoms with Crippen molar-refractivity contribution in [3.05, 3.63) is 100 Å². The van der Waals surface area contributed by atoms with E-state index in [1.54, 1.807) is 37.4 Å². The zero-order chi connectivity index (χ0) is 22.8. The first-order chi connectivity index (χ1) is 15.6. The smallest absolute Gasteiger partial charge is 0.261 e. The number of nitrogens with zero attached hydrogens (tertiary/aromatic N) is 1. The van der Waals surface area contributed by atoms with E-state index in [9.17, 15) is 10.1 Å². The summed E-state index contributed by atoms with van der Waals surface area (Å²) < 4.78 is 11.3. The van der Waals surface area contributed by atoms with Gasteiger partial charge < -0.3 is 14.8 Å². The summed E-state index contributed by atoms with van der Waals surface area (Å²) in [5, 5.41) is 12.9. The predicted octanol–water partition coefficient (Wildman–Crippen LogP) is 5.19. The maximum Gasteiger partial charge on any atom is 0.261 e. The molecule has 3 rings (SSSR count). The Bertz CT molecular complexity index is 1120. The fourth-order valence-corrected chi connectivity index (χ4v) is 3.14. The minimum absolute atomic E-state index is 0.0231. The number of carbonyl (C=O) groups excluding carboxylic acids is 1.